The van der Waals surface area contributed by atoms with Crippen LogP contribution < -0.4 is 15.6 Å². The summed E-state index contributed by atoms with van der Waals surface area (Å²) in [4.78, 5) is 30.8. The van der Waals surface area contributed by atoms with E-state index in [1.165, 1.54) is 0 Å². The highest BCUT2D eigenvalue weighted by Crippen LogP contribution is 2.30. The minimum absolute atomic E-state index is 0.0771. The molecule has 0 bridgehead atoms. The molecule has 1 N–H and O–H groups in total. The molecule has 0 atom stereocenters. The molecule has 2 aromatic heterocycles. The topological polar surface area (TPSA) is 81.4 Å². The summed E-state index contributed by atoms with van der Waals surface area (Å²) < 4.78 is 9.44. The van der Waals surface area contributed by atoms with Crippen LogP contribution in [-0.4, -0.2) is 57.4 Å². The lowest BCUT2D eigenvalue weighted by atomic mass is 9.99. The number of allylic oxidation sites excluding steroid dienone is 1. The zero-order chi connectivity index (χ0) is 30.8. The van der Waals surface area contributed by atoms with Crippen molar-refractivity contribution in [2.24, 2.45) is 0 Å². The zero-order valence-electron chi connectivity index (χ0n) is 26.1. The minimum Gasteiger partial charge on any atom is -0.490 e. The summed E-state index contributed by atoms with van der Waals surface area (Å²) in [6, 6.07) is 17.6. The van der Waals surface area contributed by atoms with E-state index < -0.39 is 0 Å². The van der Waals surface area contributed by atoms with Gasteiger partial charge in [0.2, 0.25) is 0 Å². The number of rotatable bonds is 9. The van der Waals surface area contributed by atoms with E-state index in [1.54, 1.807) is 15.3 Å². The van der Waals surface area contributed by atoms with Gasteiger partial charge in [0.05, 0.1) is 40.0 Å². The zero-order valence-corrected chi connectivity index (χ0v) is 26.1. The molecule has 2 aliphatic rings. The van der Waals surface area contributed by atoms with Crippen molar-refractivity contribution in [3.05, 3.63) is 99.1 Å². The number of aryl methyl sites for hydroxylation is 2. The number of carbonyl (C=O) groups excluding carboxylic acids is 1. The molecule has 1 aliphatic heterocycles. The van der Waals surface area contributed by atoms with Crippen LogP contribution in [0.15, 0.2) is 71.2 Å². The molecule has 1 amide bonds. The van der Waals surface area contributed by atoms with Crippen molar-refractivity contribution >= 4 is 12.0 Å². The van der Waals surface area contributed by atoms with Gasteiger partial charge in [-0.15, -0.1) is 0 Å². The number of piperazine rings is 1. The number of hydrogen-bond donors (Lipinski definition) is 1. The molecular weight excluding hydrogens is 550 g/mol. The number of amides is 1. The van der Waals surface area contributed by atoms with Gasteiger partial charge < -0.3 is 15.0 Å². The van der Waals surface area contributed by atoms with Crippen LogP contribution in [0.25, 0.3) is 28.7 Å². The Hall–Kier alpha value is -4.43. The molecule has 1 aliphatic carbocycles. The average Bonchev–Trinajstić information content (AvgIpc) is 3.73. The van der Waals surface area contributed by atoms with Gasteiger partial charge in [0, 0.05) is 32.4 Å². The van der Waals surface area contributed by atoms with E-state index in [2.05, 4.69) is 31.3 Å². The van der Waals surface area contributed by atoms with E-state index in [0.29, 0.717) is 41.7 Å². The summed E-state index contributed by atoms with van der Waals surface area (Å²) in [6.45, 7) is 10.9. The average molecular weight is 592 g/mol. The standard InChI is InChI=1S/C36H41N5O3/c1-5-25-8-7-9-26(6-2)34(25)41-33(22-24(3)4)31(35(42)39-20-17-37-18-21-39)23-30(36(41)43)32-16-19-40(38-32)27-10-12-28(13-11-27)44-29-14-15-29/h7-13,16,19,22-23,29,37H,5-6,14-15,17-18,20-21H2,1-4H3. The molecule has 2 fully saturated rings. The van der Waals surface area contributed by atoms with Crippen molar-refractivity contribution in [2.75, 3.05) is 26.2 Å². The molecule has 2 aromatic carbocycles. The molecule has 3 heterocycles. The number of para-hydroxylation sites is 1. The van der Waals surface area contributed by atoms with Crippen LogP contribution in [-0.2, 0) is 12.8 Å². The molecule has 8 heteroatoms. The largest absolute Gasteiger partial charge is 0.490 e. The monoisotopic (exact) mass is 591 g/mol. The van der Waals surface area contributed by atoms with Crippen LogP contribution in [0.5, 0.6) is 5.75 Å². The van der Waals surface area contributed by atoms with Gasteiger partial charge in [-0.05, 0) is 93.1 Å². The van der Waals surface area contributed by atoms with Crippen LogP contribution >= 0.6 is 0 Å². The van der Waals surface area contributed by atoms with Gasteiger partial charge in [-0.25, -0.2) is 4.68 Å². The Morgan fingerprint density at radius 1 is 1.00 bits per heavy atom. The fourth-order valence-corrected chi connectivity index (χ4v) is 5.83. The first kappa shape index (κ1) is 29.6. The molecular formula is C36H41N5O3. The maximum atomic E-state index is 14.7. The van der Waals surface area contributed by atoms with Crippen LogP contribution in [0.1, 0.15) is 67.7 Å². The highest BCUT2D eigenvalue weighted by Gasteiger charge is 2.27. The lowest BCUT2D eigenvalue weighted by Gasteiger charge is -2.29. The number of ether oxygens (including phenoxy) is 1. The van der Waals surface area contributed by atoms with E-state index in [9.17, 15) is 9.59 Å². The van der Waals surface area contributed by atoms with E-state index in [-0.39, 0.29) is 11.5 Å². The molecule has 228 valence electrons. The molecule has 4 aromatic rings. The van der Waals surface area contributed by atoms with Gasteiger partial charge in [-0.1, -0.05) is 37.6 Å². The lowest BCUT2D eigenvalue weighted by molar-refractivity contribution is 0.0735. The number of nitrogens with one attached hydrogen (secondary N) is 1. The van der Waals surface area contributed by atoms with Crippen molar-refractivity contribution in [1.82, 2.24) is 24.6 Å². The third-order valence-corrected chi connectivity index (χ3v) is 8.28. The SMILES string of the molecule is CCc1cccc(CC)c1-n1c(C=C(C)C)c(C(=O)N2CCNCC2)cc(-c2ccn(-c3ccc(OC4CC4)cc3)n2)c1=O. The fraction of sp³-hybridized carbons (Fsp3) is 0.361. The number of hydrogen-bond acceptors (Lipinski definition) is 5. The summed E-state index contributed by atoms with van der Waals surface area (Å²) in [5.74, 6) is 0.769. The van der Waals surface area contributed by atoms with Crippen LogP contribution in [0.4, 0.5) is 0 Å². The predicted molar refractivity (Wildman–Crippen MR) is 175 cm³/mol. The second-order valence-corrected chi connectivity index (χ2v) is 11.9. The quantitative estimate of drug-likeness (QED) is 0.265. The normalized spacial score (nSPS) is 14.9. The first-order valence-electron chi connectivity index (χ1n) is 15.8. The molecule has 0 unspecified atom stereocenters. The van der Waals surface area contributed by atoms with Crippen molar-refractivity contribution in [3.63, 3.8) is 0 Å². The number of nitrogens with zero attached hydrogens (tertiary/aromatic N) is 4. The summed E-state index contributed by atoms with van der Waals surface area (Å²) in [7, 11) is 0. The van der Waals surface area contributed by atoms with E-state index in [0.717, 1.165) is 72.6 Å². The summed E-state index contributed by atoms with van der Waals surface area (Å²) >= 11 is 0. The molecule has 0 radical (unpaired) electrons. The van der Waals surface area contributed by atoms with Gasteiger partial charge in [0.25, 0.3) is 11.5 Å². The maximum absolute atomic E-state index is 14.7. The van der Waals surface area contributed by atoms with Crippen LogP contribution in [0, 0.1) is 0 Å². The maximum Gasteiger partial charge on any atom is 0.265 e. The van der Waals surface area contributed by atoms with E-state index in [4.69, 9.17) is 9.84 Å². The number of pyridine rings is 1. The van der Waals surface area contributed by atoms with E-state index >= 15 is 0 Å². The molecule has 1 saturated heterocycles. The van der Waals surface area contributed by atoms with Crippen molar-refractivity contribution in [1.29, 1.82) is 0 Å². The Labute approximate surface area is 259 Å². The van der Waals surface area contributed by atoms with Gasteiger partial charge in [-0.2, -0.15) is 5.10 Å². The Balaban J connectivity index is 1.55. The minimum atomic E-state index is -0.191. The summed E-state index contributed by atoms with van der Waals surface area (Å²) in [5, 5.41) is 8.18. The smallest absolute Gasteiger partial charge is 0.265 e. The number of aromatic nitrogens is 3. The molecule has 1 saturated carbocycles. The molecule has 44 heavy (non-hydrogen) atoms. The second kappa shape index (κ2) is 12.7. The number of carbonyl (C=O) groups is 1. The molecule has 6 rings (SSSR count). The van der Waals surface area contributed by atoms with Gasteiger partial charge >= 0.3 is 0 Å². The third kappa shape index (κ3) is 5.99. The summed E-state index contributed by atoms with van der Waals surface area (Å²) in [5.41, 5.74) is 6.70. The highest BCUT2D eigenvalue weighted by atomic mass is 16.5. The molecule has 8 nitrogen and oxygen atoms in total. The fourth-order valence-electron chi connectivity index (χ4n) is 5.83. The highest BCUT2D eigenvalue weighted by molar-refractivity contribution is 5.99. The van der Waals surface area contributed by atoms with Crippen molar-refractivity contribution < 1.29 is 9.53 Å². The summed E-state index contributed by atoms with van der Waals surface area (Å²) in [6.07, 6.45) is 7.88. The Morgan fingerprint density at radius 3 is 2.30 bits per heavy atom. The van der Waals surface area contributed by atoms with Crippen LogP contribution in [0.2, 0.25) is 0 Å². The predicted octanol–water partition coefficient (Wildman–Crippen LogP) is 5.82. The first-order chi connectivity index (χ1) is 21.4. The van der Waals surface area contributed by atoms with E-state index in [1.807, 2.05) is 67.4 Å². The second-order valence-electron chi connectivity index (χ2n) is 11.9. The Bertz CT molecular complexity index is 1730. The van der Waals surface area contributed by atoms with Crippen molar-refractivity contribution in [2.45, 2.75) is 59.5 Å². The number of benzene rings is 2. The van der Waals surface area contributed by atoms with Crippen molar-refractivity contribution in [3.8, 4) is 28.4 Å². The van der Waals surface area contributed by atoms with Crippen LogP contribution in [0.3, 0.4) is 0 Å². The van der Waals surface area contributed by atoms with Gasteiger partial charge in [-0.3, -0.25) is 14.2 Å². The van der Waals surface area contributed by atoms with Gasteiger partial charge in [0.1, 0.15) is 5.75 Å². The van der Waals surface area contributed by atoms with Gasteiger partial charge in [0.15, 0.2) is 0 Å². The Kier molecular flexibility index (Phi) is 8.53. The first-order valence-corrected chi connectivity index (χ1v) is 15.8. The lowest BCUT2D eigenvalue weighted by Crippen LogP contribution is -2.47. The third-order valence-electron chi connectivity index (χ3n) is 8.28. The molecule has 0 spiro atoms. The Morgan fingerprint density at radius 2 is 1.68 bits per heavy atom.